The third kappa shape index (κ3) is 3.15. The van der Waals surface area contributed by atoms with Crippen molar-refractivity contribution >= 4 is 5.91 Å². The van der Waals surface area contributed by atoms with E-state index in [0.29, 0.717) is 23.9 Å². The Balaban J connectivity index is 2.10. The smallest absolute Gasteiger partial charge is 0.251 e. The number of amides is 1. The molecule has 2 aromatic rings. The van der Waals surface area contributed by atoms with Gasteiger partial charge in [0.05, 0.1) is 5.69 Å². The van der Waals surface area contributed by atoms with Gasteiger partial charge in [0, 0.05) is 12.1 Å². The molecule has 0 saturated heterocycles. The molecule has 0 fully saturated rings. The third-order valence-corrected chi connectivity index (χ3v) is 2.67. The second-order valence-electron chi connectivity index (χ2n) is 4.79. The lowest BCUT2D eigenvalue weighted by molar-refractivity contribution is 0.0949. The lowest BCUT2D eigenvalue weighted by Crippen LogP contribution is -2.27. The maximum Gasteiger partial charge on any atom is 0.251 e. The van der Waals surface area contributed by atoms with Gasteiger partial charge in [-0.05, 0) is 47.5 Å². The highest BCUT2D eigenvalue weighted by atomic mass is 16.1. The molecular formula is C13H17N5O. The van der Waals surface area contributed by atoms with E-state index in [4.69, 9.17) is 0 Å². The fourth-order valence-electron chi connectivity index (χ4n) is 1.62. The minimum atomic E-state index is -0.0614. The van der Waals surface area contributed by atoms with Crippen molar-refractivity contribution in [2.24, 2.45) is 5.92 Å². The van der Waals surface area contributed by atoms with Crippen LogP contribution in [0, 0.1) is 12.8 Å². The van der Waals surface area contributed by atoms with Crippen molar-refractivity contribution in [1.29, 1.82) is 0 Å². The summed E-state index contributed by atoms with van der Waals surface area (Å²) in [5.74, 6) is 1.08. The van der Waals surface area contributed by atoms with Crippen LogP contribution in [0.5, 0.6) is 0 Å². The molecule has 0 radical (unpaired) electrons. The summed E-state index contributed by atoms with van der Waals surface area (Å²) in [4.78, 5) is 11.9. The minimum absolute atomic E-state index is 0.0614. The number of benzene rings is 1. The Kier molecular flexibility index (Phi) is 3.89. The Bertz CT molecular complexity index is 559. The molecule has 1 aromatic heterocycles. The highest BCUT2D eigenvalue weighted by Crippen LogP contribution is 2.09. The summed E-state index contributed by atoms with van der Waals surface area (Å²) in [6.45, 7) is 6.61. The molecule has 1 amide bonds. The van der Waals surface area contributed by atoms with E-state index in [1.165, 1.54) is 0 Å². The maximum absolute atomic E-state index is 11.9. The molecular weight excluding hydrogens is 242 g/mol. The van der Waals surface area contributed by atoms with Gasteiger partial charge in [-0.1, -0.05) is 13.8 Å². The van der Waals surface area contributed by atoms with E-state index in [1.54, 1.807) is 16.8 Å². The van der Waals surface area contributed by atoms with Gasteiger partial charge in [-0.25, -0.2) is 0 Å². The molecule has 0 saturated carbocycles. The molecule has 1 aromatic carbocycles. The van der Waals surface area contributed by atoms with Crippen LogP contribution in [0.1, 0.15) is 30.0 Å². The molecule has 0 atom stereocenters. The fraction of sp³-hybridized carbons (Fsp3) is 0.385. The zero-order valence-electron chi connectivity index (χ0n) is 11.3. The number of carbonyl (C=O) groups is 1. The number of tetrazole rings is 1. The van der Waals surface area contributed by atoms with Crippen LogP contribution in [-0.4, -0.2) is 32.7 Å². The Labute approximate surface area is 111 Å². The van der Waals surface area contributed by atoms with Gasteiger partial charge in [0.1, 0.15) is 0 Å². The van der Waals surface area contributed by atoms with Crippen molar-refractivity contribution in [2.75, 3.05) is 6.54 Å². The quantitative estimate of drug-likeness (QED) is 0.899. The molecule has 0 unspecified atom stereocenters. The van der Waals surface area contributed by atoms with Crippen molar-refractivity contribution in [3.05, 3.63) is 35.7 Å². The molecule has 19 heavy (non-hydrogen) atoms. The van der Waals surface area contributed by atoms with Crippen LogP contribution in [0.15, 0.2) is 24.3 Å². The van der Waals surface area contributed by atoms with Gasteiger partial charge in [0.15, 0.2) is 5.82 Å². The van der Waals surface area contributed by atoms with Crippen LogP contribution < -0.4 is 5.32 Å². The third-order valence-electron chi connectivity index (χ3n) is 2.67. The van der Waals surface area contributed by atoms with E-state index >= 15 is 0 Å². The monoisotopic (exact) mass is 259 g/mol. The van der Waals surface area contributed by atoms with E-state index in [-0.39, 0.29) is 5.91 Å². The van der Waals surface area contributed by atoms with Gasteiger partial charge >= 0.3 is 0 Å². The van der Waals surface area contributed by atoms with Gasteiger partial charge in [-0.15, -0.1) is 5.10 Å². The van der Waals surface area contributed by atoms with Crippen LogP contribution in [-0.2, 0) is 0 Å². The van der Waals surface area contributed by atoms with Crippen LogP contribution in [0.4, 0.5) is 0 Å². The second-order valence-corrected chi connectivity index (χ2v) is 4.79. The Morgan fingerprint density at radius 1 is 1.32 bits per heavy atom. The van der Waals surface area contributed by atoms with E-state index < -0.39 is 0 Å². The number of hydrogen-bond donors (Lipinski definition) is 1. The van der Waals surface area contributed by atoms with Crippen LogP contribution in [0.2, 0.25) is 0 Å². The van der Waals surface area contributed by atoms with Gasteiger partial charge < -0.3 is 5.32 Å². The average molecular weight is 259 g/mol. The van der Waals surface area contributed by atoms with Crippen molar-refractivity contribution in [1.82, 2.24) is 25.5 Å². The zero-order valence-corrected chi connectivity index (χ0v) is 11.3. The Morgan fingerprint density at radius 2 is 2.00 bits per heavy atom. The van der Waals surface area contributed by atoms with Gasteiger partial charge in [-0.3, -0.25) is 4.79 Å². The predicted octanol–water partition coefficient (Wildman–Crippen LogP) is 1.36. The lowest BCUT2D eigenvalue weighted by Gasteiger charge is -2.08. The van der Waals surface area contributed by atoms with Gasteiger partial charge in [-0.2, -0.15) is 4.68 Å². The predicted molar refractivity (Wildman–Crippen MR) is 71.1 cm³/mol. The van der Waals surface area contributed by atoms with Crippen molar-refractivity contribution in [3.63, 3.8) is 0 Å². The first-order valence-electron chi connectivity index (χ1n) is 6.21. The van der Waals surface area contributed by atoms with Gasteiger partial charge in [0.25, 0.3) is 5.91 Å². The first-order chi connectivity index (χ1) is 9.08. The molecule has 0 aliphatic carbocycles. The largest absolute Gasteiger partial charge is 0.352 e. The van der Waals surface area contributed by atoms with Crippen LogP contribution in [0.25, 0.3) is 5.69 Å². The van der Waals surface area contributed by atoms with E-state index in [2.05, 4.69) is 34.7 Å². The molecule has 6 heteroatoms. The highest BCUT2D eigenvalue weighted by molar-refractivity contribution is 5.94. The van der Waals surface area contributed by atoms with Crippen LogP contribution in [0.3, 0.4) is 0 Å². The normalized spacial score (nSPS) is 10.7. The summed E-state index contributed by atoms with van der Waals surface area (Å²) in [5, 5.41) is 14.2. The van der Waals surface area contributed by atoms with Crippen LogP contribution >= 0.6 is 0 Å². The maximum atomic E-state index is 11.9. The Morgan fingerprint density at radius 3 is 2.53 bits per heavy atom. The summed E-state index contributed by atoms with van der Waals surface area (Å²) >= 11 is 0. The number of rotatable bonds is 4. The molecule has 1 heterocycles. The first kappa shape index (κ1) is 13.2. The molecule has 0 spiro atoms. The molecule has 0 bridgehead atoms. The SMILES string of the molecule is Cc1nnnn1-c1ccc(C(=O)NCC(C)C)cc1. The molecule has 100 valence electrons. The molecule has 1 N–H and O–H groups in total. The van der Waals surface area contributed by atoms with Crippen molar-refractivity contribution < 1.29 is 4.79 Å². The summed E-state index contributed by atoms with van der Waals surface area (Å²) in [6, 6.07) is 7.19. The second kappa shape index (κ2) is 5.60. The standard InChI is InChI=1S/C13H17N5O/c1-9(2)8-14-13(19)11-4-6-12(7-5-11)18-10(3)15-16-17-18/h4-7,9H,8H2,1-3H3,(H,14,19). The van der Waals surface area contributed by atoms with Crippen molar-refractivity contribution in [3.8, 4) is 5.69 Å². The summed E-state index contributed by atoms with van der Waals surface area (Å²) in [5.41, 5.74) is 1.47. The summed E-state index contributed by atoms with van der Waals surface area (Å²) in [7, 11) is 0. The van der Waals surface area contributed by atoms with E-state index in [9.17, 15) is 4.79 Å². The fourth-order valence-corrected chi connectivity index (χ4v) is 1.62. The number of aromatic nitrogens is 4. The van der Waals surface area contributed by atoms with Gasteiger partial charge in [0.2, 0.25) is 0 Å². The number of nitrogens with zero attached hydrogens (tertiary/aromatic N) is 4. The molecule has 2 rings (SSSR count). The number of aryl methyl sites for hydroxylation is 1. The van der Waals surface area contributed by atoms with Crippen molar-refractivity contribution in [2.45, 2.75) is 20.8 Å². The number of hydrogen-bond acceptors (Lipinski definition) is 4. The number of carbonyl (C=O) groups excluding carboxylic acids is 1. The summed E-state index contributed by atoms with van der Waals surface area (Å²) < 4.78 is 1.62. The zero-order chi connectivity index (χ0) is 13.8. The first-order valence-corrected chi connectivity index (χ1v) is 6.21. The minimum Gasteiger partial charge on any atom is -0.352 e. The summed E-state index contributed by atoms with van der Waals surface area (Å²) in [6.07, 6.45) is 0. The highest BCUT2D eigenvalue weighted by Gasteiger charge is 2.07. The molecule has 0 aliphatic rings. The molecule has 0 aliphatic heterocycles. The van der Waals surface area contributed by atoms with E-state index in [0.717, 1.165) is 5.69 Å². The topological polar surface area (TPSA) is 72.7 Å². The average Bonchev–Trinajstić information content (AvgIpc) is 2.82. The lowest BCUT2D eigenvalue weighted by atomic mass is 10.1. The number of nitrogens with one attached hydrogen (secondary N) is 1. The Hall–Kier alpha value is -2.24. The molecule has 6 nitrogen and oxygen atoms in total. The van der Waals surface area contributed by atoms with E-state index in [1.807, 2.05) is 19.1 Å².